The van der Waals surface area contributed by atoms with Crippen molar-refractivity contribution in [3.8, 4) is 23.0 Å². The first kappa shape index (κ1) is 25.7. The van der Waals surface area contributed by atoms with Gasteiger partial charge >= 0.3 is 0 Å². The highest BCUT2D eigenvalue weighted by Crippen LogP contribution is 2.35. The molecule has 0 fully saturated rings. The Morgan fingerprint density at radius 3 is 2.14 bits per heavy atom. The molecule has 35 heavy (non-hydrogen) atoms. The molecule has 0 spiro atoms. The summed E-state index contributed by atoms with van der Waals surface area (Å²) in [4.78, 5) is 12.9. The van der Waals surface area contributed by atoms with E-state index in [0.29, 0.717) is 17.2 Å². The van der Waals surface area contributed by atoms with E-state index in [1.807, 2.05) is 12.1 Å². The SMILES string of the molecule is COc1ccc(OC)c(N(CC(=O)NCCOc2ccccc2OC)S(=O)(=O)c2ccccc2)c1. The van der Waals surface area contributed by atoms with Gasteiger partial charge in [-0.1, -0.05) is 30.3 Å². The largest absolute Gasteiger partial charge is 0.497 e. The van der Waals surface area contributed by atoms with E-state index in [0.717, 1.165) is 4.31 Å². The molecule has 1 N–H and O–H groups in total. The first-order chi connectivity index (χ1) is 16.9. The minimum atomic E-state index is -4.10. The van der Waals surface area contributed by atoms with Crippen molar-refractivity contribution in [3.05, 3.63) is 72.8 Å². The number of para-hydroxylation sites is 2. The monoisotopic (exact) mass is 500 g/mol. The Kier molecular flexibility index (Phi) is 8.80. The molecule has 3 aromatic rings. The molecular formula is C25H28N2O7S. The first-order valence-electron chi connectivity index (χ1n) is 10.7. The summed E-state index contributed by atoms with van der Waals surface area (Å²) in [6.45, 7) is -0.152. The third kappa shape index (κ3) is 6.36. The lowest BCUT2D eigenvalue weighted by Crippen LogP contribution is -2.42. The predicted octanol–water partition coefficient (Wildman–Crippen LogP) is 3.10. The van der Waals surface area contributed by atoms with Crippen LogP contribution in [0.25, 0.3) is 0 Å². The number of nitrogens with one attached hydrogen (secondary N) is 1. The Labute approximate surface area is 205 Å². The molecule has 0 heterocycles. The van der Waals surface area contributed by atoms with Crippen LogP contribution in [0, 0.1) is 0 Å². The molecule has 10 heteroatoms. The van der Waals surface area contributed by atoms with Gasteiger partial charge in [0.25, 0.3) is 10.0 Å². The number of carbonyl (C=O) groups is 1. The Bertz CT molecular complexity index is 1230. The van der Waals surface area contributed by atoms with Gasteiger partial charge in [-0.25, -0.2) is 8.42 Å². The zero-order valence-corrected chi connectivity index (χ0v) is 20.6. The molecule has 0 saturated heterocycles. The summed E-state index contributed by atoms with van der Waals surface area (Å²) in [5.41, 5.74) is 0.177. The highest BCUT2D eigenvalue weighted by Gasteiger charge is 2.29. The highest BCUT2D eigenvalue weighted by molar-refractivity contribution is 7.92. The van der Waals surface area contributed by atoms with Crippen LogP contribution in [0.4, 0.5) is 5.69 Å². The van der Waals surface area contributed by atoms with E-state index in [9.17, 15) is 13.2 Å². The summed E-state index contributed by atoms with van der Waals surface area (Å²) in [5, 5.41) is 2.70. The van der Waals surface area contributed by atoms with E-state index < -0.39 is 22.5 Å². The molecule has 0 radical (unpaired) electrons. The number of methoxy groups -OCH3 is 3. The molecule has 0 aliphatic carbocycles. The fourth-order valence-electron chi connectivity index (χ4n) is 3.29. The van der Waals surface area contributed by atoms with Crippen molar-refractivity contribution in [3.63, 3.8) is 0 Å². The molecule has 0 saturated carbocycles. The fourth-order valence-corrected chi connectivity index (χ4v) is 4.73. The number of rotatable bonds is 12. The molecule has 9 nitrogen and oxygen atoms in total. The number of carbonyl (C=O) groups excluding carboxylic acids is 1. The van der Waals surface area contributed by atoms with Gasteiger partial charge in [0.2, 0.25) is 5.91 Å². The molecule has 0 atom stereocenters. The summed E-state index contributed by atoms with van der Waals surface area (Å²) in [6, 6.07) is 19.8. The van der Waals surface area contributed by atoms with Gasteiger partial charge in [-0.15, -0.1) is 0 Å². The molecule has 3 aromatic carbocycles. The second-order valence-corrected chi connectivity index (χ2v) is 9.07. The van der Waals surface area contributed by atoms with Crippen LogP contribution in [0.5, 0.6) is 23.0 Å². The van der Waals surface area contributed by atoms with Crippen molar-refractivity contribution in [1.82, 2.24) is 5.32 Å². The number of anilines is 1. The van der Waals surface area contributed by atoms with Crippen LogP contribution >= 0.6 is 0 Å². The lowest BCUT2D eigenvalue weighted by Gasteiger charge is -2.26. The maximum Gasteiger partial charge on any atom is 0.264 e. The number of nitrogens with zero attached hydrogens (tertiary/aromatic N) is 1. The standard InChI is InChI=1S/C25H28N2O7S/c1-31-19-13-14-22(32-2)21(17-19)27(35(29,30)20-9-5-4-6-10-20)18-25(28)26-15-16-34-24-12-8-7-11-23(24)33-3/h4-14,17H,15-16,18H2,1-3H3,(H,26,28). The smallest absolute Gasteiger partial charge is 0.264 e. The van der Waals surface area contributed by atoms with Crippen LogP contribution < -0.4 is 28.6 Å². The number of hydrogen-bond acceptors (Lipinski definition) is 7. The van der Waals surface area contributed by atoms with Gasteiger partial charge in [-0.2, -0.15) is 0 Å². The maximum atomic E-state index is 13.5. The second kappa shape index (κ2) is 12.0. The number of sulfonamides is 1. The van der Waals surface area contributed by atoms with E-state index in [2.05, 4.69) is 5.32 Å². The molecule has 0 aromatic heterocycles. The van der Waals surface area contributed by atoms with Crippen LogP contribution in [-0.2, 0) is 14.8 Å². The molecule has 0 aliphatic heterocycles. The van der Waals surface area contributed by atoms with Gasteiger partial charge in [0, 0.05) is 6.07 Å². The third-order valence-electron chi connectivity index (χ3n) is 5.02. The van der Waals surface area contributed by atoms with E-state index in [1.165, 1.54) is 32.4 Å². The van der Waals surface area contributed by atoms with Gasteiger partial charge in [-0.05, 0) is 36.4 Å². The predicted molar refractivity (Wildman–Crippen MR) is 132 cm³/mol. The molecule has 0 bridgehead atoms. The van der Waals surface area contributed by atoms with Crippen LogP contribution in [0.2, 0.25) is 0 Å². The molecule has 0 unspecified atom stereocenters. The highest BCUT2D eigenvalue weighted by atomic mass is 32.2. The maximum absolute atomic E-state index is 13.5. The van der Waals surface area contributed by atoms with E-state index in [4.69, 9.17) is 18.9 Å². The van der Waals surface area contributed by atoms with Gasteiger partial charge < -0.3 is 24.3 Å². The summed E-state index contributed by atoms with van der Waals surface area (Å²) < 4.78 is 49.6. The van der Waals surface area contributed by atoms with Crippen molar-refractivity contribution in [2.75, 3.05) is 45.3 Å². The van der Waals surface area contributed by atoms with E-state index >= 15 is 0 Å². The zero-order valence-electron chi connectivity index (χ0n) is 19.8. The van der Waals surface area contributed by atoms with Crippen molar-refractivity contribution in [1.29, 1.82) is 0 Å². The van der Waals surface area contributed by atoms with Crippen molar-refractivity contribution >= 4 is 21.6 Å². The number of benzene rings is 3. The average Bonchev–Trinajstić information content (AvgIpc) is 2.90. The van der Waals surface area contributed by atoms with Crippen LogP contribution in [0.3, 0.4) is 0 Å². The van der Waals surface area contributed by atoms with E-state index in [1.54, 1.807) is 49.6 Å². The minimum absolute atomic E-state index is 0.0391. The van der Waals surface area contributed by atoms with Crippen LogP contribution in [-0.4, -0.2) is 55.4 Å². The Morgan fingerprint density at radius 1 is 0.829 bits per heavy atom. The normalized spacial score (nSPS) is 10.8. The van der Waals surface area contributed by atoms with Gasteiger partial charge in [0.05, 0.1) is 38.5 Å². The van der Waals surface area contributed by atoms with E-state index in [-0.39, 0.29) is 29.5 Å². The number of hydrogen-bond donors (Lipinski definition) is 1. The average molecular weight is 501 g/mol. The summed E-state index contributed by atoms with van der Waals surface area (Å²) >= 11 is 0. The second-order valence-electron chi connectivity index (χ2n) is 7.21. The Balaban J connectivity index is 1.79. The van der Waals surface area contributed by atoms with Crippen LogP contribution in [0.15, 0.2) is 77.7 Å². The first-order valence-corrected chi connectivity index (χ1v) is 12.2. The Hall–Kier alpha value is -3.92. The third-order valence-corrected chi connectivity index (χ3v) is 6.80. The van der Waals surface area contributed by atoms with Gasteiger partial charge in [0.15, 0.2) is 11.5 Å². The zero-order chi connectivity index (χ0) is 25.3. The van der Waals surface area contributed by atoms with Gasteiger partial charge in [-0.3, -0.25) is 9.10 Å². The summed E-state index contributed by atoms with van der Waals surface area (Å²) in [7, 11) is 0.333. The van der Waals surface area contributed by atoms with Crippen molar-refractivity contribution < 1.29 is 32.2 Å². The molecular weight excluding hydrogens is 472 g/mol. The fraction of sp³-hybridized carbons (Fsp3) is 0.240. The lowest BCUT2D eigenvalue weighted by molar-refractivity contribution is -0.119. The van der Waals surface area contributed by atoms with Crippen LogP contribution in [0.1, 0.15) is 0 Å². The van der Waals surface area contributed by atoms with Crippen molar-refractivity contribution in [2.24, 2.45) is 0 Å². The topological polar surface area (TPSA) is 103 Å². The molecule has 186 valence electrons. The number of amides is 1. The quantitative estimate of drug-likeness (QED) is 0.381. The summed E-state index contributed by atoms with van der Waals surface area (Å²) in [6.07, 6.45) is 0. The minimum Gasteiger partial charge on any atom is -0.497 e. The Morgan fingerprint density at radius 2 is 1.49 bits per heavy atom. The summed E-state index contributed by atoms with van der Waals surface area (Å²) in [5.74, 6) is 1.29. The lowest BCUT2D eigenvalue weighted by atomic mass is 10.2. The number of ether oxygens (including phenoxy) is 4. The molecule has 3 rings (SSSR count). The molecule has 0 aliphatic rings. The van der Waals surface area contributed by atoms with Crippen molar-refractivity contribution in [2.45, 2.75) is 4.90 Å². The molecule has 1 amide bonds. The van der Waals surface area contributed by atoms with Gasteiger partial charge in [0.1, 0.15) is 24.7 Å².